The summed E-state index contributed by atoms with van der Waals surface area (Å²) in [6.45, 7) is 0.639. The molecule has 0 saturated heterocycles. The summed E-state index contributed by atoms with van der Waals surface area (Å²) in [4.78, 5) is 23.1. The van der Waals surface area contributed by atoms with Crippen molar-refractivity contribution in [3.05, 3.63) is 64.7 Å². The predicted molar refractivity (Wildman–Crippen MR) is 83.3 cm³/mol. The Balaban J connectivity index is 2.18. The minimum atomic E-state index is -4.78. The highest BCUT2D eigenvalue weighted by Crippen LogP contribution is 2.32. The highest BCUT2D eigenvalue weighted by atomic mass is 19.4. The van der Waals surface area contributed by atoms with E-state index in [1.807, 2.05) is 0 Å². The molecule has 0 saturated carbocycles. The number of amides is 2. The van der Waals surface area contributed by atoms with Crippen LogP contribution in [0.4, 0.5) is 27.6 Å². The van der Waals surface area contributed by atoms with Crippen LogP contribution >= 0.6 is 0 Å². The zero-order valence-corrected chi connectivity index (χ0v) is 13.4. The van der Waals surface area contributed by atoms with Crippen LogP contribution in [0.5, 0.6) is 0 Å². The molecule has 0 aliphatic carbocycles. The largest absolute Gasteiger partial charge is 0.416 e. The van der Waals surface area contributed by atoms with Crippen LogP contribution in [0.3, 0.4) is 0 Å². The highest BCUT2D eigenvalue weighted by Gasteiger charge is 2.33. The summed E-state index contributed by atoms with van der Waals surface area (Å²) in [5.41, 5.74) is -1.82. The van der Waals surface area contributed by atoms with E-state index in [4.69, 9.17) is 0 Å². The van der Waals surface area contributed by atoms with E-state index in [-0.39, 0.29) is 16.8 Å². The van der Waals surface area contributed by atoms with Gasteiger partial charge < -0.3 is 10.6 Å². The fourth-order valence-corrected chi connectivity index (χ4v) is 2.20. The quantitative estimate of drug-likeness (QED) is 0.801. The number of anilines is 1. The Morgan fingerprint density at radius 2 is 1.73 bits per heavy atom. The summed E-state index contributed by atoms with van der Waals surface area (Å²) < 4.78 is 65.4. The lowest BCUT2D eigenvalue weighted by molar-refractivity contribution is -0.138. The zero-order chi connectivity index (χ0) is 19.5. The van der Waals surface area contributed by atoms with E-state index in [2.05, 4.69) is 10.6 Å². The Labute approximate surface area is 145 Å². The molecule has 2 amide bonds. The molecule has 2 N–H and O–H groups in total. The maximum absolute atomic E-state index is 13.6. The van der Waals surface area contributed by atoms with Gasteiger partial charge in [-0.15, -0.1) is 0 Å². The van der Waals surface area contributed by atoms with Crippen LogP contribution in [0.1, 0.15) is 28.4 Å². The topological polar surface area (TPSA) is 58.2 Å². The molecule has 4 nitrogen and oxygen atoms in total. The standard InChI is InChI=1S/C17H13F5N2O2/c1-9(25)24-15-6-10(3-5-14(15)19)16(26)23-8-11-2-4-12(18)7-13(11)17(20,21)22/h2-7H,8H2,1H3,(H,23,26)(H,24,25). The lowest BCUT2D eigenvalue weighted by atomic mass is 10.1. The number of hydrogen-bond acceptors (Lipinski definition) is 2. The molecule has 0 atom stereocenters. The van der Waals surface area contributed by atoms with Gasteiger partial charge in [-0.25, -0.2) is 8.78 Å². The van der Waals surface area contributed by atoms with Crippen molar-refractivity contribution in [2.75, 3.05) is 5.32 Å². The summed E-state index contributed by atoms with van der Waals surface area (Å²) in [6, 6.07) is 5.23. The second-order valence-corrected chi connectivity index (χ2v) is 5.36. The molecule has 0 fully saturated rings. The molecular weight excluding hydrogens is 359 g/mol. The molecule has 138 valence electrons. The van der Waals surface area contributed by atoms with Crippen LogP contribution in [0.25, 0.3) is 0 Å². The second-order valence-electron chi connectivity index (χ2n) is 5.36. The molecule has 0 unspecified atom stereocenters. The van der Waals surface area contributed by atoms with Crippen LogP contribution in [-0.2, 0) is 17.5 Å². The van der Waals surface area contributed by atoms with Crippen LogP contribution in [0.15, 0.2) is 36.4 Å². The van der Waals surface area contributed by atoms with E-state index in [1.54, 1.807) is 0 Å². The molecule has 0 spiro atoms. The van der Waals surface area contributed by atoms with Gasteiger partial charge in [-0.1, -0.05) is 6.07 Å². The number of nitrogens with one attached hydrogen (secondary N) is 2. The van der Waals surface area contributed by atoms with Crippen molar-refractivity contribution in [3.63, 3.8) is 0 Å². The Morgan fingerprint density at radius 3 is 2.35 bits per heavy atom. The zero-order valence-electron chi connectivity index (χ0n) is 13.4. The fraction of sp³-hybridized carbons (Fsp3) is 0.176. The number of rotatable bonds is 4. The van der Waals surface area contributed by atoms with Crippen molar-refractivity contribution < 1.29 is 31.5 Å². The lowest BCUT2D eigenvalue weighted by Crippen LogP contribution is -2.25. The summed E-state index contributed by atoms with van der Waals surface area (Å²) in [6.07, 6.45) is -4.78. The second kappa shape index (κ2) is 7.51. The molecule has 0 aromatic heterocycles. The van der Waals surface area contributed by atoms with Gasteiger partial charge in [0.1, 0.15) is 11.6 Å². The first kappa shape index (κ1) is 19.4. The van der Waals surface area contributed by atoms with E-state index in [1.165, 1.54) is 0 Å². The Morgan fingerprint density at radius 1 is 1.04 bits per heavy atom. The number of halogens is 5. The molecule has 0 heterocycles. The van der Waals surface area contributed by atoms with Gasteiger partial charge in [-0.05, 0) is 35.9 Å². The number of hydrogen-bond donors (Lipinski definition) is 2. The van der Waals surface area contributed by atoms with Crippen molar-refractivity contribution in [1.29, 1.82) is 0 Å². The lowest BCUT2D eigenvalue weighted by Gasteiger charge is -2.14. The molecule has 26 heavy (non-hydrogen) atoms. The van der Waals surface area contributed by atoms with Gasteiger partial charge in [-0.3, -0.25) is 9.59 Å². The highest BCUT2D eigenvalue weighted by molar-refractivity contribution is 5.96. The van der Waals surface area contributed by atoms with Gasteiger partial charge >= 0.3 is 6.18 Å². The van der Waals surface area contributed by atoms with Crippen LogP contribution < -0.4 is 10.6 Å². The smallest absolute Gasteiger partial charge is 0.348 e. The monoisotopic (exact) mass is 372 g/mol. The SMILES string of the molecule is CC(=O)Nc1cc(C(=O)NCc2ccc(F)cc2C(F)(F)F)ccc1F. The van der Waals surface area contributed by atoms with Crippen molar-refractivity contribution in [2.24, 2.45) is 0 Å². The van der Waals surface area contributed by atoms with Gasteiger partial charge in [0.05, 0.1) is 11.3 Å². The van der Waals surface area contributed by atoms with Crippen molar-refractivity contribution in [3.8, 4) is 0 Å². The van der Waals surface area contributed by atoms with E-state index < -0.39 is 41.7 Å². The van der Waals surface area contributed by atoms with Crippen molar-refractivity contribution >= 4 is 17.5 Å². The van der Waals surface area contributed by atoms with Gasteiger partial charge in [0.25, 0.3) is 5.91 Å². The van der Waals surface area contributed by atoms with E-state index in [0.29, 0.717) is 6.07 Å². The molecule has 0 aliphatic heterocycles. The third-order valence-electron chi connectivity index (χ3n) is 3.36. The third-order valence-corrected chi connectivity index (χ3v) is 3.36. The molecule has 0 aliphatic rings. The molecule has 9 heteroatoms. The fourth-order valence-electron chi connectivity index (χ4n) is 2.20. The third kappa shape index (κ3) is 4.78. The number of alkyl halides is 3. The van der Waals surface area contributed by atoms with E-state index in [9.17, 15) is 31.5 Å². The summed E-state index contributed by atoms with van der Waals surface area (Å²) in [7, 11) is 0. The van der Waals surface area contributed by atoms with Gasteiger partial charge in [0.2, 0.25) is 5.91 Å². The summed E-state index contributed by atoms with van der Waals surface area (Å²) in [5, 5.41) is 4.44. The normalized spacial score (nSPS) is 11.2. The van der Waals surface area contributed by atoms with E-state index >= 15 is 0 Å². The van der Waals surface area contributed by atoms with Crippen molar-refractivity contribution in [2.45, 2.75) is 19.6 Å². The molecule has 2 aromatic rings. The first-order valence-electron chi connectivity index (χ1n) is 7.29. The van der Waals surface area contributed by atoms with Crippen LogP contribution in [0.2, 0.25) is 0 Å². The molecule has 0 radical (unpaired) electrons. The van der Waals surface area contributed by atoms with Gasteiger partial charge in [-0.2, -0.15) is 13.2 Å². The Bertz CT molecular complexity index is 850. The first-order chi connectivity index (χ1) is 12.1. The number of carbonyl (C=O) groups excluding carboxylic acids is 2. The average Bonchev–Trinajstić information content (AvgIpc) is 2.54. The van der Waals surface area contributed by atoms with Gasteiger partial charge in [0.15, 0.2) is 0 Å². The Hall–Kier alpha value is -2.97. The molecule has 0 bridgehead atoms. The van der Waals surface area contributed by atoms with Crippen molar-refractivity contribution in [1.82, 2.24) is 5.32 Å². The minimum absolute atomic E-state index is 0.0641. The van der Waals surface area contributed by atoms with E-state index in [0.717, 1.165) is 37.3 Å². The molecule has 2 rings (SSSR count). The maximum atomic E-state index is 13.6. The van der Waals surface area contributed by atoms with Crippen LogP contribution in [-0.4, -0.2) is 11.8 Å². The maximum Gasteiger partial charge on any atom is 0.416 e. The first-order valence-corrected chi connectivity index (χ1v) is 7.29. The number of benzene rings is 2. The summed E-state index contributed by atoms with van der Waals surface area (Å²) >= 11 is 0. The molecular formula is C17H13F5N2O2. The van der Waals surface area contributed by atoms with Gasteiger partial charge in [0, 0.05) is 19.0 Å². The number of carbonyl (C=O) groups is 2. The Kier molecular flexibility index (Phi) is 5.59. The molecule has 2 aromatic carbocycles. The predicted octanol–water partition coefficient (Wildman–Crippen LogP) is 3.87. The average molecular weight is 372 g/mol. The minimum Gasteiger partial charge on any atom is -0.348 e. The summed E-state index contributed by atoms with van der Waals surface area (Å²) in [5.74, 6) is -3.16. The van der Waals surface area contributed by atoms with Crippen LogP contribution in [0, 0.1) is 11.6 Å².